The summed E-state index contributed by atoms with van der Waals surface area (Å²) in [6.07, 6.45) is 0. The van der Waals surface area contributed by atoms with Gasteiger partial charge in [-0.15, -0.1) is 11.3 Å². The van der Waals surface area contributed by atoms with E-state index in [0.717, 1.165) is 120 Å². The van der Waals surface area contributed by atoms with Crippen molar-refractivity contribution in [1.82, 2.24) is 9.13 Å². The smallest absolute Gasteiger partial charge is 0.220 e. The fraction of sp³-hybridized carbons (Fsp3) is 0. The molecule has 0 aliphatic heterocycles. The van der Waals surface area contributed by atoms with Crippen LogP contribution in [0.5, 0.6) is 0 Å². The van der Waals surface area contributed by atoms with Gasteiger partial charge in [0, 0.05) is 69.7 Å². The third-order valence-corrected chi connectivity index (χ3v) is 16.6. The van der Waals surface area contributed by atoms with Crippen LogP contribution in [0.4, 0.5) is 5.69 Å². The van der Waals surface area contributed by atoms with E-state index in [2.05, 4.69) is 154 Å². The van der Waals surface area contributed by atoms with E-state index in [1.807, 2.05) is 84.9 Å². The Labute approximate surface area is 431 Å². The van der Waals surface area contributed by atoms with Crippen LogP contribution in [-0.4, -0.2) is 9.13 Å². The molecule has 0 aliphatic carbocycles. The third kappa shape index (κ3) is 5.65. The summed E-state index contributed by atoms with van der Waals surface area (Å²) in [7, 11) is 0. The summed E-state index contributed by atoms with van der Waals surface area (Å²) in [4.78, 5) is 4.66. The maximum atomic E-state index is 12.3. The maximum Gasteiger partial charge on any atom is 0.220 e. The number of aromatic nitrogens is 2. The minimum absolute atomic E-state index is 0.352. The van der Waals surface area contributed by atoms with Crippen LogP contribution in [0, 0.1) is 17.9 Å². The molecular weight excluding hydrogens is 937 g/mol. The molecular formula is C68H36N4O2S. The Bertz CT molecular complexity index is 5070. The van der Waals surface area contributed by atoms with Crippen molar-refractivity contribution in [3.63, 3.8) is 0 Å². The zero-order chi connectivity index (χ0) is 49.5. The minimum atomic E-state index is 0.352. The number of hydrogen-bond acceptors (Lipinski definition) is 4. The molecule has 75 heavy (non-hydrogen) atoms. The fourth-order valence-electron chi connectivity index (χ4n) is 12.3. The summed E-state index contributed by atoms with van der Waals surface area (Å²) in [6.45, 7) is 9.59. The number of furan rings is 2. The van der Waals surface area contributed by atoms with Crippen LogP contribution < -0.4 is 0 Å². The largest absolute Gasteiger partial charge is 0.454 e. The summed E-state index contributed by atoms with van der Waals surface area (Å²) in [5.41, 5.74) is 13.5. The van der Waals surface area contributed by atoms with E-state index in [-0.39, 0.29) is 0 Å². The van der Waals surface area contributed by atoms with Crippen molar-refractivity contribution < 1.29 is 8.83 Å². The molecule has 0 amide bonds. The predicted molar refractivity (Wildman–Crippen MR) is 310 cm³/mol. The van der Waals surface area contributed by atoms with Crippen molar-refractivity contribution in [2.24, 2.45) is 0 Å². The molecule has 5 aromatic heterocycles. The molecule has 5 heterocycles. The van der Waals surface area contributed by atoms with Gasteiger partial charge in [0.1, 0.15) is 17.2 Å². The second kappa shape index (κ2) is 15.7. The zero-order valence-corrected chi connectivity index (χ0v) is 40.6. The Balaban J connectivity index is 1.22. The lowest BCUT2D eigenvalue weighted by molar-refractivity contribution is 0.671. The number of fused-ring (bicyclic) bond motifs is 18. The second-order valence-electron chi connectivity index (χ2n) is 19.2. The lowest BCUT2D eigenvalue weighted by Gasteiger charge is -2.26. The average molecular weight is 973 g/mol. The van der Waals surface area contributed by atoms with Gasteiger partial charge in [-0.1, -0.05) is 182 Å². The molecule has 0 N–H and O–H groups in total. The molecule has 0 saturated carbocycles. The molecule has 6 nitrogen and oxygen atoms in total. The van der Waals surface area contributed by atoms with Crippen LogP contribution in [0.25, 0.3) is 157 Å². The first-order valence-electron chi connectivity index (χ1n) is 24.9. The highest BCUT2D eigenvalue weighted by atomic mass is 32.1. The van der Waals surface area contributed by atoms with E-state index in [4.69, 9.17) is 8.83 Å². The molecule has 0 spiro atoms. The maximum absolute atomic E-state index is 12.3. The molecule has 0 saturated heterocycles. The van der Waals surface area contributed by atoms with Gasteiger partial charge in [0.05, 0.1) is 50.3 Å². The monoisotopic (exact) mass is 972 g/mol. The van der Waals surface area contributed by atoms with Gasteiger partial charge in [0.25, 0.3) is 0 Å². The van der Waals surface area contributed by atoms with E-state index in [0.29, 0.717) is 33.8 Å². The van der Waals surface area contributed by atoms with Crippen molar-refractivity contribution in [3.05, 3.63) is 235 Å². The molecule has 346 valence electrons. The van der Waals surface area contributed by atoms with Gasteiger partial charge in [0.2, 0.25) is 5.69 Å². The normalized spacial score (nSPS) is 12.0. The van der Waals surface area contributed by atoms with Crippen LogP contribution >= 0.6 is 11.3 Å². The Morgan fingerprint density at radius 2 is 0.947 bits per heavy atom. The number of rotatable bonds is 5. The number of nitriles is 1. The molecule has 0 radical (unpaired) electrons. The highest BCUT2D eigenvalue weighted by Crippen LogP contribution is 2.55. The van der Waals surface area contributed by atoms with Crippen molar-refractivity contribution in [2.45, 2.75) is 0 Å². The summed E-state index contributed by atoms with van der Waals surface area (Å²) < 4.78 is 21.0. The molecule has 7 heteroatoms. The highest BCUT2D eigenvalue weighted by Gasteiger charge is 2.34. The summed E-state index contributed by atoms with van der Waals surface area (Å²) in [5.74, 6) is 0. The topological polar surface area (TPSA) is 64.3 Å². The summed E-state index contributed by atoms with van der Waals surface area (Å²) in [5, 5.41) is 22.5. The van der Waals surface area contributed by atoms with E-state index in [9.17, 15) is 11.8 Å². The molecule has 0 fully saturated rings. The van der Waals surface area contributed by atoms with Crippen LogP contribution in [0.3, 0.4) is 0 Å². The Morgan fingerprint density at radius 1 is 0.427 bits per heavy atom. The highest BCUT2D eigenvalue weighted by molar-refractivity contribution is 7.26. The molecule has 0 unspecified atom stereocenters. The van der Waals surface area contributed by atoms with Gasteiger partial charge in [0.15, 0.2) is 11.2 Å². The fourth-order valence-corrected chi connectivity index (χ4v) is 13.6. The van der Waals surface area contributed by atoms with Crippen molar-refractivity contribution in [2.75, 3.05) is 0 Å². The van der Waals surface area contributed by atoms with Crippen molar-refractivity contribution in [1.29, 1.82) is 5.26 Å². The lowest BCUT2D eigenvalue weighted by atomic mass is 9.88. The first-order chi connectivity index (χ1) is 37.2. The average Bonchev–Trinajstić information content (AvgIpc) is 4.47. The number of para-hydroxylation sites is 2. The first-order valence-corrected chi connectivity index (χ1v) is 25.7. The van der Waals surface area contributed by atoms with E-state index in [1.54, 1.807) is 11.3 Å². The summed E-state index contributed by atoms with van der Waals surface area (Å²) in [6, 6.07) is 78.3. The van der Waals surface area contributed by atoms with Crippen molar-refractivity contribution in [3.8, 4) is 50.8 Å². The molecule has 16 rings (SSSR count). The van der Waals surface area contributed by atoms with Gasteiger partial charge in [-0.2, -0.15) is 5.26 Å². The first kappa shape index (κ1) is 41.4. The van der Waals surface area contributed by atoms with E-state index >= 15 is 0 Å². The van der Waals surface area contributed by atoms with Crippen molar-refractivity contribution >= 4 is 125 Å². The second-order valence-corrected chi connectivity index (χ2v) is 20.2. The Kier molecular flexibility index (Phi) is 8.65. The molecule has 11 aromatic carbocycles. The van der Waals surface area contributed by atoms with Crippen LogP contribution in [-0.2, 0) is 0 Å². The third-order valence-electron chi connectivity index (χ3n) is 15.4. The Morgan fingerprint density at radius 3 is 1.59 bits per heavy atom. The predicted octanol–water partition coefficient (Wildman–Crippen LogP) is 19.5. The van der Waals surface area contributed by atoms with Crippen LogP contribution in [0.2, 0.25) is 0 Å². The molecule has 0 aliphatic rings. The van der Waals surface area contributed by atoms with Gasteiger partial charge in [-0.05, 0) is 58.7 Å². The number of nitrogens with zero attached hydrogens (tertiary/aromatic N) is 4. The standard InChI is InChI=1S/C68H36N4O2S/c1-70-60-57(40-20-7-3-8-21-40)52(38-69)61(71-53-28-17-27-42(39-18-5-2-6-19-39)59(53)51-37-35-49-44-25-12-15-30-55(44)74-67(49)63(51)71)58(41-22-9-4-10-23-41)65(60)72-62-46(32-34-48-43-24-11-14-29-54(43)73-66(48)62)47-33-36-50-45-26-13-16-31-56(45)75-68(50)64(47)72/h2-37H. The summed E-state index contributed by atoms with van der Waals surface area (Å²) >= 11 is 1.76. The molecule has 16 aromatic rings. The molecule has 0 bridgehead atoms. The van der Waals surface area contributed by atoms with Gasteiger partial charge in [-0.3, -0.25) is 0 Å². The lowest BCUT2D eigenvalue weighted by Crippen LogP contribution is -2.09. The number of hydrogen-bond donors (Lipinski definition) is 0. The quantitative estimate of drug-likeness (QED) is 0.161. The number of benzene rings is 11. The molecule has 0 atom stereocenters. The van der Waals surface area contributed by atoms with Gasteiger partial charge < -0.3 is 18.0 Å². The minimum Gasteiger partial charge on any atom is -0.454 e. The number of thiophene rings is 1. The van der Waals surface area contributed by atoms with Gasteiger partial charge in [-0.25, -0.2) is 4.85 Å². The zero-order valence-electron chi connectivity index (χ0n) is 39.8. The van der Waals surface area contributed by atoms with E-state index in [1.165, 1.54) is 10.1 Å². The van der Waals surface area contributed by atoms with E-state index < -0.39 is 0 Å². The SMILES string of the molecule is [C-]#[N+]c1c(-c2ccccc2)c(C#N)c(-n2c3cccc(-c4ccccc4)c3c3ccc4c5ccccc5oc4c32)c(-c2ccccc2)c1-n1c2c(ccc3c4ccccc4oc32)c2ccc3c4ccccc4sc3c21. The van der Waals surface area contributed by atoms with Crippen LogP contribution in [0.1, 0.15) is 5.56 Å². The van der Waals surface area contributed by atoms with Crippen LogP contribution in [0.15, 0.2) is 227 Å². The van der Waals surface area contributed by atoms with Gasteiger partial charge >= 0.3 is 0 Å². The Hall–Kier alpha value is -10.2.